The van der Waals surface area contributed by atoms with Gasteiger partial charge in [-0.2, -0.15) is 0 Å². The molecule has 3 aromatic heterocycles. The van der Waals surface area contributed by atoms with Crippen molar-refractivity contribution < 1.29 is 14.3 Å². The molecule has 0 bridgehead atoms. The molecule has 1 aliphatic heterocycles. The summed E-state index contributed by atoms with van der Waals surface area (Å²) in [6, 6.07) is 20.2. The molecule has 0 aliphatic carbocycles. The van der Waals surface area contributed by atoms with Crippen LogP contribution in [0.25, 0.3) is 33.5 Å². The van der Waals surface area contributed by atoms with Crippen LogP contribution in [0.15, 0.2) is 79.1 Å². The number of fused-ring (bicyclic) bond motifs is 1. The average Bonchev–Trinajstić information content (AvgIpc) is 3.02. The Morgan fingerprint density at radius 1 is 0.884 bits per heavy atom. The SMILES string of the molecule is CC(=O)Cc1ccc(NC(=O)Nc2ccc(-c3nc(N4CCOCC4)c4ncc(-c5cccnc5C)cc4n3)cc2)cc1. The van der Waals surface area contributed by atoms with E-state index in [0.717, 1.165) is 44.8 Å². The minimum absolute atomic E-state index is 0.0922. The maximum Gasteiger partial charge on any atom is 0.323 e. The van der Waals surface area contributed by atoms with Crippen molar-refractivity contribution >= 4 is 40.0 Å². The molecule has 0 unspecified atom stereocenters. The molecule has 1 saturated heterocycles. The Balaban J connectivity index is 1.25. The third-order valence-corrected chi connectivity index (χ3v) is 7.21. The number of urea groups is 1. The number of aromatic nitrogens is 4. The number of carbonyl (C=O) groups is 2. The third kappa shape index (κ3) is 6.49. The molecule has 2 amide bonds. The maximum absolute atomic E-state index is 12.6. The fraction of sp³-hybridized carbons (Fsp3) is 0.212. The lowest BCUT2D eigenvalue weighted by molar-refractivity contribution is -0.116. The summed E-state index contributed by atoms with van der Waals surface area (Å²) in [6.07, 6.45) is 4.00. The third-order valence-electron chi connectivity index (χ3n) is 7.21. The Bertz CT molecular complexity index is 1780. The number of morpholine rings is 1. The Labute approximate surface area is 249 Å². The molecule has 4 heterocycles. The number of Topliss-reactive ketones (excluding diaryl/α,β-unsaturated/α-hetero) is 1. The first kappa shape index (κ1) is 27.9. The lowest BCUT2D eigenvalue weighted by Crippen LogP contribution is -2.37. The number of anilines is 3. The van der Waals surface area contributed by atoms with Crippen molar-refractivity contribution in [3.8, 4) is 22.5 Å². The molecule has 2 aromatic carbocycles. The number of nitrogens with zero attached hydrogens (tertiary/aromatic N) is 5. The van der Waals surface area contributed by atoms with Crippen LogP contribution in [0.1, 0.15) is 18.2 Å². The number of carbonyl (C=O) groups excluding carboxylic acids is 2. The highest BCUT2D eigenvalue weighted by atomic mass is 16.5. The lowest BCUT2D eigenvalue weighted by Gasteiger charge is -2.28. The molecular formula is C33H31N7O3. The predicted octanol–water partition coefficient (Wildman–Crippen LogP) is 5.67. The van der Waals surface area contributed by atoms with Gasteiger partial charge < -0.3 is 20.3 Å². The van der Waals surface area contributed by atoms with Crippen LogP contribution in [-0.4, -0.2) is 58.1 Å². The van der Waals surface area contributed by atoms with E-state index < -0.39 is 0 Å². The van der Waals surface area contributed by atoms with Crippen molar-refractivity contribution in [2.24, 2.45) is 0 Å². The second kappa shape index (κ2) is 12.3. The zero-order chi connectivity index (χ0) is 29.8. The zero-order valence-corrected chi connectivity index (χ0v) is 24.0. The molecular weight excluding hydrogens is 542 g/mol. The van der Waals surface area contributed by atoms with Gasteiger partial charge in [-0.15, -0.1) is 0 Å². The van der Waals surface area contributed by atoms with Crippen LogP contribution < -0.4 is 15.5 Å². The molecule has 6 rings (SSSR count). The first-order valence-electron chi connectivity index (χ1n) is 14.1. The van der Waals surface area contributed by atoms with Gasteiger partial charge in [0.2, 0.25) is 0 Å². The highest BCUT2D eigenvalue weighted by molar-refractivity contribution is 6.00. The summed E-state index contributed by atoms with van der Waals surface area (Å²) in [6.45, 7) is 6.21. The Morgan fingerprint density at radius 3 is 2.26 bits per heavy atom. The normalized spacial score (nSPS) is 13.1. The van der Waals surface area contributed by atoms with Crippen LogP contribution in [0.4, 0.5) is 22.0 Å². The molecule has 43 heavy (non-hydrogen) atoms. The molecule has 0 saturated carbocycles. The van der Waals surface area contributed by atoms with Gasteiger partial charge >= 0.3 is 6.03 Å². The molecule has 2 N–H and O–H groups in total. The van der Waals surface area contributed by atoms with E-state index in [4.69, 9.17) is 19.7 Å². The van der Waals surface area contributed by atoms with E-state index in [1.807, 2.05) is 67.7 Å². The minimum Gasteiger partial charge on any atom is -0.378 e. The summed E-state index contributed by atoms with van der Waals surface area (Å²) in [7, 11) is 0. The van der Waals surface area contributed by atoms with Crippen molar-refractivity contribution in [3.63, 3.8) is 0 Å². The number of pyridine rings is 2. The quantitative estimate of drug-likeness (QED) is 0.255. The fourth-order valence-corrected chi connectivity index (χ4v) is 5.05. The van der Waals surface area contributed by atoms with Gasteiger partial charge in [0.15, 0.2) is 11.6 Å². The van der Waals surface area contributed by atoms with E-state index in [-0.39, 0.29) is 11.8 Å². The van der Waals surface area contributed by atoms with Crippen molar-refractivity contribution in [2.45, 2.75) is 20.3 Å². The number of hydrogen-bond acceptors (Lipinski definition) is 8. The number of benzene rings is 2. The average molecular weight is 574 g/mol. The van der Waals surface area contributed by atoms with Gasteiger partial charge in [-0.05, 0) is 67.9 Å². The van der Waals surface area contributed by atoms with Crippen LogP contribution >= 0.6 is 0 Å². The van der Waals surface area contributed by atoms with Crippen molar-refractivity contribution in [2.75, 3.05) is 41.8 Å². The first-order chi connectivity index (χ1) is 20.9. The monoisotopic (exact) mass is 573 g/mol. The molecule has 0 spiro atoms. The van der Waals surface area contributed by atoms with E-state index in [1.165, 1.54) is 0 Å². The number of hydrogen-bond donors (Lipinski definition) is 2. The zero-order valence-electron chi connectivity index (χ0n) is 24.0. The molecule has 1 fully saturated rings. The van der Waals surface area contributed by atoms with Gasteiger partial charge in [0.1, 0.15) is 11.3 Å². The lowest BCUT2D eigenvalue weighted by atomic mass is 10.1. The number of rotatable bonds is 7. The van der Waals surface area contributed by atoms with Gasteiger partial charge in [0.05, 0.1) is 18.7 Å². The standard InChI is InChI=1S/C33H31N7O3/c1-21(41)18-23-5-9-26(10-6-23)36-33(42)37-27-11-7-24(8-12-27)31-38-29-19-25(28-4-3-13-34-22(28)2)20-35-30(29)32(39-31)40-14-16-43-17-15-40/h3-13,19-20H,14-18H2,1-2H3,(H2,36,37,42). The molecule has 216 valence electrons. The number of ether oxygens (including phenoxy) is 1. The van der Waals surface area contributed by atoms with E-state index in [1.54, 1.807) is 25.3 Å². The van der Waals surface area contributed by atoms with Crippen LogP contribution in [-0.2, 0) is 16.0 Å². The van der Waals surface area contributed by atoms with Gasteiger partial charge in [-0.1, -0.05) is 18.2 Å². The molecule has 10 heteroatoms. The second-order valence-corrected chi connectivity index (χ2v) is 10.4. The molecule has 0 atom stereocenters. The second-order valence-electron chi connectivity index (χ2n) is 10.4. The molecule has 1 aliphatic rings. The number of aryl methyl sites for hydroxylation is 1. The minimum atomic E-state index is -0.368. The van der Waals surface area contributed by atoms with Crippen LogP contribution in [0.3, 0.4) is 0 Å². The highest BCUT2D eigenvalue weighted by Gasteiger charge is 2.20. The Morgan fingerprint density at radius 2 is 1.58 bits per heavy atom. The van der Waals surface area contributed by atoms with E-state index >= 15 is 0 Å². The van der Waals surface area contributed by atoms with Crippen LogP contribution in [0, 0.1) is 6.92 Å². The summed E-state index contributed by atoms with van der Waals surface area (Å²) in [5.74, 6) is 1.43. The van der Waals surface area contributed by atoms with E-state index in [0.29, 0.717) is 49.9 Å². The van der Waals surface area contributed by atoms with Crippen molar-refractivity contribution in [1.29, 1.82) is 0 Å². The van der Waals surface area contributed by atoms with Gasteiger partial charge in [0.25, 0.3) is 0 Å². The van der Waals surface area contributed by atoms with E-state index in [9.17, 15) is 9.59 Å². The number of amides is 2. The van der Waals surface area contributed by atoms with Crippen molar-refractivity contribution in [1.82, 2.24) is 19.9 Å². The Hall–Kier alpha value is -5.22. The van der Waals surface area contributed by atoms with Gasteiger partial charge in [-0.25, -0.2) is 14.8 Å². The number of ketones is 1. The summed E-state index contributed by atoms with van der Waals surface area (Å²) in [5.41, 5.74) is 7.32. The summed E-state index contributed by atoms with van der Waals surface area (Å²) < 4.78 is 5.58. The van der Waals surface area contributed by atoms with Gasteiger partial charge in [0, 0.05) is 65.7 Å². The predicted molar refractivity (Wildman–Crippen MR) is 167 cm³/mol. The number of nitrogens with one attached hydrogen (secondary N) is 2. The van der Waals surface area contributed by atoms with Gasteiger partial charge in [-0.3, -0.25) is 14.8 Å². The first-order valence-corrected chi connectivity index (χ1v) is 14.1. The largest absolute Gasteiger partial charge is 0.378 e. The maximum atomic E-state index is 12.6. The summed E-state index contributed by atoms with van der Waals surface area (Å²) in [4.78, 5) is 45.2. The van der Waals surface area contributed by atoms with E-state index in [2.05, 4.69) is 20.5 Å². The fourth-order valence-electron chi connectivity index (χ4n) is 5.05. The molecule has 0 radical (unpaired) electrons. The van der Waals surface area contributed by atoms with Crippen LogP contribution in [0.5, 0.6) is 0 Å². The summed E-state index contributed by atoms with van der Waals surface area (Å²) >= 11 is 0. The van der Waals surface area contributed by atoms with Crippen molar-refractivity contribution in [3.05, 3.63) is 90.4 Å². The highest BCUT2D eigenvalue weighted by Crippen LogP contribution is 2.31. The smallest absolute Gasteiger partial charge is 0.323 e. The summed E-state index contributed by atoms with van der Waals surface area (Å²) in [5, 5.41) is 5.67. The molecule has 10 nitrogen and oxygen atoms in total. The van der Waals surface area contributed by atoms with Crippen LogP contribution in [0.2, 0.25) is 0 Å². The topological polar surface area (TPSA) is 122 Å². The molecule has 5 aromatic rings. The Kier molecular flexibility index (Phi) is 8.01.